The molecule has 0 fully saturated rings. The Bertz CT molecular complexity index is 1640. The lowest BCUT2D eigenvalue weighted by molar-refractivity contribution is 0.0991. The van der Waals surface area contributed by atoms with Crippen molar-refractivity contribution in [3.63, 3.8) is 0 Å². The van der Waals surface area contributed by atoms with Crippen molar-refractivity contribution in [3.05, 3.63) is 95.0 Å². The van der Waals surface area contributed by atoms with Crippen LogP contribution in [-0.2, 0) is 10.0 Å². The maximum atomic E-state index is 13.2. The summed E-state index contributed by atoms with van der Waals surface area (Å²) in [5.74, 6) is -0.432. The van der Waals surface area contributed by atoms with E-state index in [4.69, 9.17) is 11.6 Å². The van der Waals surface area contributed by atoms with Gasteiger partial charge in [-0.3, -0.25) is 14.3 Å². The van der Waals surface area contributed by atoms with Gasteiger partial charge in [-0.25, -0.2) is 8.42 Å². The summed E-state index contributed by atoms with van der Waals surface area (Å²) in [6, 6.07) is 21.2. The van der Waals surface area contributed by atoms with Crippen molar-refractivity contribution in [2.24, 2.45) is 0 Å². The molecule has 0 aliphatic carbocycles. The maximum absolute atomic E-state index is 13.2. The van der Waals surface area contributed by atoms with E-state index in [-0.39, 0.29) is 22.1 Å². The van der Waals surface area contributed by atoms with Crippen LogP contribution in [0, 0.1) is 0 Å². The summed E-state index contributed by atoms with van der Waals surface area (Å²) < 4.78 is 28.0. The Balaban J connectivity index is 1.40. The number of hydrogen-bond acceptors (Lipinski definition) is 4. The molecule has 2 N–H and O–H groups in total. The minimum Gasteiger partial charge on any atom is -0.321 e. The molecule has 5 rings (SSSR count). The van der Waals surface area contributed by atoms with Crippen LogP contribution in [-0.4, -0.2) is 26.8 Å². The number of hydrogen-bond donors (Lipinski definition) is 2. The largest absolute Gasteiger partial charge is 0.321 e. The van der Waals surface area contributed by atoms with Gasteiger partial charge in [-0.1, -0.05) is 43.1 Å². The first-order valence-corrected chi connectivity index (χ1v) is 13.7. The van der Waals surface area contributed by atoms with E-state index in [0.717, 1.165) is 29.3 Å². The Morgan fingerprint density at radius 1 is 0.973 bits per heavy atom. The lowest BCUT2D eigenvalue weighted by Crippen LogP contribution is -2.27. The van der Waals surface area contributed by atoms with E-state index in [1.165, 1.54) is 30.3 Å². The Kier molecular flexibility index (Phi) is 6.62. The fraction of sp³-hybridized carbons (Fsp3) is 0.143. The predicted molar refractivity (Wildman–Crippen MR) is 147 cm³/mol. The molecule has 1 heterocycles. The third-order valence-electron chi connectivity index (χ3n) is 6.27. The standard InChI is InChI=1S/C28H24ClN3O4S/c1-2-3-16-32-25-15-14-24(22-8-5-9-23(26(22)25)28(32)34)30-27(33)18-6-4-7-20(17-18)31-37(35,36)21-12-10-19(29)11-13-21/h4-15,17,31H,2-3,16H2,1H3,(H,30,33). The number of unbranched alkanes of at least 4 members (excludes halogenated alkanes) is 1. The first-order chi connectivity index (χ1) is 17.8. The molecule has 4 aromatic rings. The van der Waals surface area contributed by atoms with E-state index in [1.54, 1.807) is 29.2 Å². The number of nitrogens with one attached hydrogen (secondary N) is 2. The number of anilines is 3. The average Bonchev–Trinajstić information content (AvgIpc) is 3.16. The molecule has 0 unspecified atom stereocenters. The van der Waals surface area contributed by atoms with Crippen molar-refractivity contribution in [2.45, 2.75) is 24.7 Å². The van der Waals surface area contributed by atoms with Gasteiger partial charge in [-0.2, -0.15) is 0 Å². The molecular formula is C28H24ClN3O4S. The zero-order valence-electron chi connectivity index (χ0n) is 20.0. The van der Waals surface area contributed by atoms with Gasteiger partial charge in [-0.05, 0) is 67.1 Å². The van der Waals surface area contributed by atoms with Gasteiger partial charge >= 0.3 is 0 Å². The number of halogens is 1. The third-order valence-corrected chi connectivity index (χ3v) is 7.92. The molecule has 0 spiro atoms. The van der Waals surface area contributed by atoms with Crippen LogP contribution < -0.4 is 14.9 Å². The number of amides is 2. The van der Waals surface area contributed by atoms with E-state index < -0.39 is 15.9 Å². The van der Waals surface area contributed by atoms with Gasteiger partial charge in [0.15, 0.2) is 0 Å². The molecule has 1 aliphatic rings. The maximum Gasteiger partial charge on any atom is 0.261 e. The van der Waals surface area contributed by atoms with Gasteiger partial charge < -0.3 is 10.2 Å². The number of rotatable bonds is 8. The Labute approximate surface area is 220 Å². The van der Waals surface area contributed by atoms with Crippen LogP contribution >= 0.6 is 11.6 Å². The number of benzene rings is 4. The minimum absolute atomic E-state index is 0.0294. The monoisotopic (exact) mass is 533 g/mol. The highest BCUT2D eigenvalue weighted by atomic mass is 35.5. The molecule has 0 bridgehead atoms. The van der Waals surface area contributed by atoms with Crippen LogP contribution in [0.4, 0.5) is 17.1 Å². The van der Waals surface area contributed by atoms with E-state index in [1.807, 2.05) is 24.3 Å². The summed E-state index contributed by atoms with van der Waals surface area (Å²) in [7, 11) is -3.86. The highest BCUT2D eigenvalue weighted by molar-refractivity contribution is 7.92. The normalized spacial score (nSPS) is 12.7. The molecule has 1 aliphatic heterocycles. The van der Waals surface area contributed by atoms with Crippen molar-refractivity contribution >= 4 is 61.3 Å². The summed E-state index contributed by atoms with van der Waals surface area (Å²) in [4.78, 5) is 28.0. The summed E-state index contributed by atoms with van der Waals surface area (Å²) >= 11 is 5.86. The molecule has 37 heavy (non-hydrogen) atoms. The van der Waals surface area contributed by atoms with Crippen LogP contribution in [0.25, 0.3) is 10.8 Å². The SMILES string of the molecule is CCCCN1C(=O)c2cccc3c(NC(=O)c4cccc(NS(=O)(=O)c5ccc(Cl)cc5)c4)ccc1c23. The van der Waals surface area contributed by atoms with Gasteiger partial charge in [0, 0.05) is 44.8 Å². The molecule has 4 aromatic carbocycles. The van der Waals surface area contributed by atoms with Gasteiger partial charge in [0.1, 0.15) is 0 Å². The Morgan fingerprint density at radius 3 is 2.49 bits per heavy atom. The van der Waals surface area contributed by atoms with E-state index in [0.29, 0.717) is 22.8 Å². The topological polar surface area (TPSA) is 95.6 Å². The second-order valence-corrected chi connectivity index (χ2v) is 10.9. The highest BCUT2D eigenvalue weighted by Gasteiger charge is 2.30. The second-order valence-electron chi connectivity index (χ2n) is 8.77. The first kappa shape index (κ1) is 24.8. The van der Waals surface area contributed by atoms with Crippen LogP contribution in [0.3, 0.4) is 0 Å². The molecule has 0 atom stereocenters. The van der Waals surface area contributed by atoms with Crippen LogP contribution in [0.15, 0.2) is 83.8 Å². The van der Waals surface area contributed by atoms with Crippen molar-refractivity contribution in [1.29, 1.82) is 0 Å². The van der Waals surface area contributed by atoms with Crippen LogP contribution in [0.1, 0.15) is 40.5 Å². The van der Waals surface area contributed by atoms with E-state index >= 15 is 0 Å². The third kappa shape index (κ3) is 4.77. The molecule has 0 aromatic heterocycles. The second kappa shape index (κ2) is 9.88. The predicted octanol–water partition coefficient (Wildman–Crippen LogP) is 6.31. The zero-order valence-corrected chi connectivity index (χ0v) is 21.6. The quantitative estimate of drug-likeness (QED) is 0.277. The van der Waals surface area contributed by atoms with E-state index in [2.05, 4.69) is 17.0 Å². The Hall–Kier alpha value is -3.88. The molecule has 2 amide bonds. The molecule has 0 saturated carbocycles. The molecule has 188 valence electrons. The molecule has 0 radical (unpaired) electrons. The van der Waals surface area contributed by atoms with Crippen molar-refractivity contribution < 1.29 is 18.0 Å². The van der Waals surface area contributed by atoms with Crippen LogP contribution in [0.5, 0.6) is 0 Å². The highest BCUT2D eigenvalue weighted by Crippen LogP contribution is 2.40. The average molecular weight is 534 g/mol. The summed E-state index contributed by atoms with van der Waals surface area (Å²) in [6.07, 6.45) is 1.88. The van der Waals surface area contributed by atoms with Gasteiger partial charge in [0.2, 0.25) is 0 Å². The van der Waals surface area contributed by atoms with Gasteiger partial charge in [0.05, 0.1) is 10.6 Å². The minimum atomic E-state index is -3.86. The summed E-state index contributed by atoms with van der Waals surface area (Å²) in [5, 5.41) is 4.95. The lowest BCUT2D eigenvalue weighted by atomic mass is 10.0. The first-order valence-electron chi connectivity index (χ1n) is 11.9. The summed E-state index contributed by atoms with van der Waals surface area (Å²) in [6.45, 7) is 2.73. The molecule has 7 nitrogen and oxygen atoms in total. The van der Waals surface area contributed by atoms with Crippen molar-refractivity contribution in [1.82, 2.24) is 0 Å². The van der Waals surface area contributed by atoms with Crippen molar-refractivity contribution in [3.8, 4) is 0 Å². The number of carbonyl (C=O) groups excluding carboxylic acids is 2. The fourth-order valence-electron chi connectivity index (χ4n) is 4.44. The number of sulfonamides is 1. The fourth-order valence-corrected chi connectivity index (χ4v) is 5.61. The zero-order chi connectivity index (χ0) is 26.2. The smallest absolute Gasteiger partial charge is 0.261 e. The number of carbonyl (C=O) groups is 2. The van der Waals surface area contributed by atoms with Crippen LogP contribution in [0.2, 0.25) is 5.02 Å². The van der Waals surface area contributed by atoms with E-state index in [9.17, 15) is 18.0 Å². The van der Waals surface area contributed by atoms with Gasteiger partial charge in [-0.15, -0.1) is 0 Å². The summed E-state index contributed by atoms with van der Waals surface area (Å²) in [5.41, 5.74) is 2.57. The molecule has 0 saturated heterocycles. The molecular weight excluding hydrogens is 510 g/mol. The lowest BCUT2D eigenvalue weighted by Gasteiger charge is -2.18. The van der Waals surface area contributed by atoms with Crippen molar-refractivity contribution in [2.75, 3.05) is 21.5 Å². The van der Waals surface area contributed by atoms with Gasteiger partial charge in [0.25, 0.3) is 21.8 Å². The molecule has 9 heteroatoms. The number of nitrogens with zero attached hydrogens (tertiary/aromatic N) is 1. The Morgan fingerprint density at radius 2 is 1.73 bits per heavy atom.